The molecule has 7 heteroatoms. The van der Waals surface area contributed by atoms with Crippen molar-refractivity contribution in [1.82, 2.24) is 14.8 Å². The van der Waals surface area contributed by atoms with E-state index in [0.29, 0.717) is 18.9 Å². The average Bonchev–Trinajstić information content (AvgIpc) is 3.19. The van der Waals surface area contributed by atoms with E-state index < -0.39 is 0 Å². The van der Waals surface area contributed by atoms with Crippen molar-refractivity contribution in [3.63, 3.8) is 0 Å². The van der Waals surface area contributed by atoms with Crippen LogP contribution in [0.1, 0.15) is 22.6 Å². The Bertz CT molecular complexity index is 1020. The van der Waals surface area contributed by atoms with Crippen LogP contribution in [0.25, 0.3) is 0 Å². The van der Waals surface area contributed by atoms with Crippen molar-refractivity contribution in [2.75, 3.05) is 44.2 Å². The van der Waals surface area contributed by atoms with E-state index in [1.807, 2.05) is 30.5 Å². The lowest BCUT2D eigenvalue weighted by atomic mass is 10.1. The number of rotatable bonds is 6. The lowest BCUT2D eigenvalue weighted by molar-refractivity contribution is 0.197. The highest BCUT2D eigenvalue weighted by Crippen LogP contribution is 2.26. The Hall–Kier alpha value is -2.87. The zero-order valence-corrected chi connectivity index (χ0v) is 18.3. The molecule has 2 aromatic heterocycles. The van der Waals surface area contributed by atoms with Crippen LogP contribution >= 0.6 is 0 Å². The fourth-order valence-electron chi connectivity index (χ4n) is 4.48. The number of fused-ring (bicyclic) bond motifs is 1. The first-order chi connectivity index (χ1) is 15.8. The number of furan rings is 1. The van der Waals surface area contributed by atoms with Gasteiger partial charge in [0.05, 0.1) is 6.54 Å². The summed E-state index contributed by atoms with van der Waals surface area (Å²) in [5.74, 6) is 3.53. The number of nitrogens with zero attached hydrogens (tertiary/aromatic N) is 4. The highest BCUT2D eigenvalue weighted by atomic mass is 16.5. The molecule has 2 aliphatic heterocycles. The van der Waals surface area contributed by atoms with Gasteiger partial charge in [0, 0.05) is 57.6 Å². The molecule has 32 heavy (non-hydrogen) atoms. The third-order valence-electron chi connectivity index (χ3n) is 6.19. The SMILES string of the molecule is OCc1ccc(CN2CCOc3ccc(CN4CCN(c5ccccn5)CC4)cc3C2)o1. The van der Waals surface area contributed by atoms with Crippen LogP contribution in [0.2, 0.25) is 0 Å². The Kier molecular flexibility index (Phi) is 6.39. The van der Waals surface area contributed by atoms with E-state index in [4.69, 9.17) is 9.15 Å². The first-order valence-corrected chi connectivity index (χ1v) is 11.3. The molecular formula is C25H30N4O3. The molecule has 1 N–H and O–H groups in total. The zero-order valence-electron chi connectivity index (χ0n) is 18.3. The number of anilines is 1. The maximum atomic E-state index is 9.23. The normalized spacial score (nSPS) is 17.6. The molecule has 0 amide bonds. The minimum Gasteiger partial charge on any atom is -0.492 e. The molecule has 5 rings (SSSR count). The largest absolute Gasteiger partial charge is 0.492 e. The number of benzene rings is 1. The number of piperazine rings is 1. The number of aliphatic hydroxyl groups is 1. The molecule has 2 aliphatic rings. The fourth-order valence-corrected chi connectivity index (χ4v) is 4.48. The van der Waals surface area contributed by atoms with Gasteiger partial charge in [-0.05, 0) is 42.0 Å². The van der Waals surface area contributed by atoms with Gasteiger partial charge in [-0.3, -0.25) is 9.80 Å². The minimum absolute atomic E-state index is 0.0641. The molecule has 1 saturated heterocycles. The highest BCUT2D eigenvalue weighted by Gasteiger charge is 2.20. The summed E-state index contributed by atoms with van der Waals surface area (Å²) in [4.78, 5) is 11.7. The predicted molar refractivity (Wildman–Crippen MR) is 122 cm³/mol. The smallest absolute Gasteiger partial charge is 0.129 e. The van der Waals surface area contributed by atoms with E-state index in [-0.39, 0.29) is 6.61 Å². The predicted octanol–water partition coefficient (Wildman–Crippen LogP) is 2.88. The molecule has 0 radical (unpaired) electrons. The topological polar surface area (TPSA) is 65.2 Å². The van der Waals surface area contributed by atoms with E-state index in [9.17, 15) is 5.11 Å². The molecule has 168 valence electrons. The van der Waals surface area contributed by atoms with E-state index in [2.05, 4.69) is 43.9 Å². The summed E-state index contributed by atoms with van der Waals surface area (Å²) in [5.41, 5.74) is 2.54. The van der Waals surface area contributed by atoms with Crippen molar-refractivity contribution in [2.45, 2.75) is 26.2 Å². The fraction of sp³-hybridized carbons (Fsp3) is 0.400. The summed E-state index contributed by atoms with van der Waals surface area (Å²) in [6.45, 7) is 7.98. The number of aromatic nitrogens is 1. The van der Waals surface area contributed by atoms with E-state index >= 15 is 0 Å². The second kappa shape index (κ2) is 9.73. The molecule has 0 unspecified atom stereocenters. The van der Waals surface area contributed by atoms with Crippen LogP contribution in [0.4, 0.5) is 5.82 Å². The van der Waals surface area contributed by atoms with Crippen LogP contribution in [0.5, 0.6) is 5.75 Å². The Morgan fingerprint density at radius 2 is 1.75 bits per heavy atom. The Balaban J connectivity index is 1.20. The van der Waals surface area contributed by atoms with Gasteiger partial charge in [0.25, 0.3) is 0 Å². The molecule has 7 nitrogen and oxygen atoms in total. The van der Waals surface area contributed by atoms with Crippen molar-refractivity contribution < 1.29 is 14.3 Å². The zero-order chi connectivity index (χ0) is 21.8. The van der Waals surface area contributed by atoms with Gasteiger partial charge in [-0.1, -0.05) is 12.1 Å². The van der Waals surface area contributed by atoms with Crippen LogP contribution in [-0.2, 0) is 26.2 Å². The minimum atomic E-state index is -0.0641. The third-order valence-corrected chi connectivity index (χ3v) is 6.19. The summed E-state index contributed by atoms with van der Waals surface area (Å²) in [6, 6.07) is 16.5. The van der Waals surface area contributed by atoms with Gasteiger partial charge in [-0.2, -0.15) is 0 Å². The lowest BCUT2D eigenvalue weighted by Gasteiger charge is -2.35. The number of hydrogen-bond donors (Lipinski definition) is 1. The molecule has 1 fully saturated rings. The Labute approximate surface area is 188 Å². The first-order valence-electron chi connectivity index (χ1n) is 11.3. The van der Waals surface area contributed by atoms with Gasteiger partial charge in [0.15, 0.2) is 0 Å². The standard InChI is InChI=1S/C25H30N4O3/c30-19-23-6-5-22(32-23)18-28-13-14-31-24-7-4-20(15-21(24)17-28)16-27-9-11-29(12-10-27)25-3-1-2-8-26-25/h1-8,15,30H,9-14,16-19H2. The Morgan fingerprint density at radius 1 is 0.875 bits per heavy atom. The van der Waals surface area contributed by atoms with Crippen molar-refractivity contribution in [2.24, 2.45) is 0 Å². The molecule has 0 bridgehead atoms. The van der Waals surface area contributed by atoms with Crippen LogP contribution in [0.15, 0.2) is 59.1 Å². The summed E-state index contributed by atoms with van der Waals surface area (Å²) in [5, 5.41) is 9.23. The van der Waals surface area contributed by atoms with Crippen molar-refractivity contribution in [1.29, 1.82) is 0 Å². The van der Waals surface area contributed by atoms with Crippen LogP contribution in [-0.4, -0.2) is 59.2 Å². The van der Waals surface area contributed by atoms with E-state index in [0.717, 1.165) is 63.1 Å². The molecule has 0 aliphatic carbocycles. The van der Waals surface area contributed by atoms with Gasteiger partial charge in [0.1, 0.15) is 36.3 Å². The summed E-state index contributed by atoms with van der Waals surface area (Å²) in [7, 11) is 0. The molecule has 0 saturated carbocycles. The van der Waals surface area contributed by atoms with Gasteiger partial charge < -0.3 is 19.2 Å². The quantitative estimate of drug-likeness (QED) is 0.640. The Morgan fingerprint density at radius 3 is 2.53 bits per heavy atom. The van der Waals surface area contributed by atoms with Crippen molar-refractivity contribution >= 4 is 5.82 Å². The van der Waals surface area contributed by atoms with Crippen molar-refractivity contribution in [3.05, 3.63) is 77.4 Å². The third kappa shape index (κ3) is 4.96. The van der Waals surface area contributed by atoms with Gasteiger partial charge in [-0.15, -0.1) is 0 Å². The number of aliphatic hydroxyl groups excluding tert-OH is 1. The van der Waals surface area contributed by atoms with E-state index in [1.165, 1.54) is 11.1 Å². The van der Waals surface area contributed by atoms with Crippen molar-refractivity contribution in [3.8, 4) is 5.75 Å². The lowest BCUT2D eigenvalue weighted by Crippen LogP contribution is -2.46. The molecule has 3 aromatic rings. The number of hydrogen-bond acceptors (Lipinski definition) is 7. The van der Waals surface area contributed by atoms with Gasteiger partial charge >= 0.3 is 0 Å². The second-order valence-corrected chi connectivity index (χ2v) is 8.48. The maximum absolute atomic E-state index is 9.23. The summed E-state index contributed by atoms with van der Waals surface area (Å²) >= 11 is 0. The summed E-state index contributed by atoms with van der Waals surface area (Å²) in [6.07, 6.45) is 1.86. The van der Waals surface area contributed by atoms with Gasteiger partial charge in [0.2, 0.25) is 0 Å². The summed E-state index contributed by atoms with van der Waals surface area (Å²) < 4.78 is 11.7. The monoisotopic (exact) mass is 434 g/mol. The van der Waals surface area contributed by atoms with Crippen LogP contribution in [0.3, 0.4) is 0 Å². The first kappa shape index (κ1) is 21.0. The molecule has 0 spiro atoms. The molecular weight excluding hydrogens is 404 g/mol. The van der Waals surface area contributed by atoms with Crippen LogP contribution in [0, 0.1) is 0 Å². The number of ether oxygens (including phenoxy) is 1. The molecule has 4 heterocycles. The molecule has 1 aromatic carbocycles. The average molecular weight is 435 g/mol. The highest BCUT2D eigenvalue weighted by molar-refractivity contribution is 5.39. The second-order valence-electron chi connectivity index (χ2n) is 8.48. The number of pyridine rings is 1. The van der Waals surface area contributed by atoms with Gasteiger partial charge in [-0.25, -0.2) is 4.98 Å². The van der Waals surface area contributed by atoms with E-state index in [1.54, 1.807) is 0 Å². The molecule has 0 atom stereocenters. The maximum Gasteiger partial charge on any atom is 0.129 e. The van der Waals surface area contributed by atoms with Crippen LogP contribution < -0.4 is 9.64 Å².